The summed E-state index contributed by atoms with van der Waals surface area (Å²) in [5.74, 6) is 0. The van der Waals surface area contributed by atoms with Crippen molar-refractivity contribution in [2.24, 2.45) is 4.99 Å². The van der Waals surface area contributed by atoms with Gasteiger partial charge in [0.2, 0.25) is 0 Å². The number of nitrogens with zero attached hydrogens (tertiary/aromatic N) is 1. The van der Waals surface area contributed by atoms with Crippen LogP contribution in [0.5, 0.6) is 0 Å². The van der Waals surface area contributed by atoms with E-state index in [1.807, 2.05) is 24.4 Å². The SMILES string of the molecule is C(=N\[C@@H]1CCCCNC1)/c1ccccc1. The molecule has 0 amide bonds. The quantitative estimate of drug-likeness (QED) is 0.731. The van der Waals surface area contributed by atoms with Gasteiger partial charge in [-0.1, -0.05) is 36.8 Å². The summed E-state index contributed by atoms with van der Waals surface area (Å²) in [5.41, 5.74) is 1.20. The molecular weight excluding hydrogens is 184 g/mol. The van der Waals surface area contributed by atoms with E-state index < -0.39 is 0 Å². The van der Waals surface area contributed by atoms with Crippen molar-refractivity contribution in [2.75, 3.05) is 13.1 Å². The lowest BCUT2D eigenvalue weighted by molar-refractivity contribution is 0.605. The molecule has 80 valence electrons. The van der Waals surface area contributed by atoms with E-state index in [1.54, 1.807) is 0 Å². The first kappa shape index (κ1) is 10.4. The van der Waals surface area contributed by atoms with Crippen LogP contribution in [-0.4, -0.2) is 25.3 Å². The van der Waals surface area contributed by atoms with Gasteiger partial charge < -0.3 is 5.32 Å². The topological polar surface area (TPSA) is 24.4 Å². The molecule has 1 fully saturated rings. The van der Waals surface area contributed by atoms with Gasteiger partial charge in [0, 0.05) is 12.8 Å². The Kier molecular flexibility index (Phi) is 3.92. The molecule has 1 aliphatic rings. The Bertz CT molecular complexity index is 298. The molecule has 2 nitrogen and oxygen atoms in total. The second-order valence-electron chi connectivity index (χ2n) is 4.04. The van der Waals surface area contributed by atoms with Crippen molar-refractivity contribution in [3.8, 4) is 0 Å². The van der Waals surface area contributed by atoms with Crippen LogP contribution in [0.25, 0.3) is 0 Å². The van der Waals surface area contributed by atoms with Crippen LogP contribution in [0, 0.1) is 0 Å². The highest BCUT2D eigenvalue weighted by Crippen LogP contribution is 2.07. The van der Waals surface area contributed by atoms with E-state index in [9.17, 15) is 0 Å². The number of aliphatic imine (C=N–C) groups is 1. The van der Waals surface area contributed by atoms with E-state index in [-0.39, 0.29) is 0 Å². The van der Waals surface area contributed by atoms with Crippen molar-refractivity contribution in [1.29, 1.82) is 0 Å². The first-order valence-electron chi connectivity index (χ1n) is 5.74. The van der Waals surface area contributed by atoms with Crippen LogP contribution >= 0.6 is 0 Å². The molecule has 0 saturated carbocycles. The lowest BCUT2D eigenvalue weighted by Crippen LogP contribution is -2.23. The Morgan fingerprint density at radius 2 is 2.07 bits per heavy atom. The predicted molar refractivity (Wildman–Crippen MR) is 64.5 cm³/mol. The fourth-order valence-corrected chi connectivity index (χ4v) is 1.86. The second kappa shape index (κ2) is 5.66. The average molecular weight is 202 g/mol. The molecule has 1 aliphatic heterocycles. The molecule has 1 aromatic rings. The summed E-state index contributed by atoms with van der Waals surface area (Å²) >= 11 is 0. The van der Waals surface area contributed by atoms with Gasteiger partial charge in [-0.3, -0.25) is 4.99 Å². The van der Waals surface area contributed by atoms with E-state index >= 15 is 0 Å². The van der Waals surface area contributed by atoms with Crippen molar-refractivity contribution in [3.05, 3.63) is 35.9 Å². The van der Waals surface area contributed by atoms with E-state index in [0.717, 1.165) is 13.1 Å². The molecule has 1 saturated heterocycles. The fraction of sp³-hybridized carbons (Fsp3) is 0.462. The van der Waals surface area contributed by atoms with Gasteiger partial charge in [0.15, 0.2) is 0 Å². The highest BCUT2D eigenvalue weighted by Gasteiger charge is 2.08. The Balaban J connectivity index is 1.92. The van der Waals surface area contributed by atoms with Gasteiger partial charge >= 0.3 is 0 Å². The Morgan fingerprint density at radius 3 is 2.93 bits per heavy atom. The summed E-state index contributed by atoms with van der Waals surface area (Å²) in [4.78, 5) is 4.63. The highest BCUT2D eigenvalue weighted by molar-refractivity contribution is 5.79. The summed E-state index contributed by atoms with van der Waals surface area (Å²) < 4.78 is 0. The zero-order valence-electron chi connectivity index (χ0n) is 9.02. The third kappa shape index (κ3) is 3.48. The maximum atomic E-state index is 4.63. The van der Waals surface area contributed by atoms with Gasteiger partial charge in [-0.05, 0) is 24.9 Å². The van der Waals surface area contributed by atoms with E-state index in [0.29, 0.717) is 6.04 Å². The summed E-state index contributed by atoms with van der Waals surface area (Å²) in [6, 6.07) is 10.8. The molecule has 0 bridgehead atoms. The summed E-state index contributed by atoms with van der Waals surface area (Å²) in [5, 5.41) is 3.42. The molecule has 0 spiro atoms. The van der Waals surface area contributed by atoms with Crippen molar-refractivity contribution < 1.29 is 0 Å². The lowest BCUT2D eigenvalue weighted by atomic mass is 10.1. The van der Waals surface area contributed by atoms with E-state index in [1.165, 1.54) is 24.8 Å². The summed E-state index contributed by atoms with van der Waals surface area (Å²) in [6.45, 7) is 2.18. The highest BCUT2D eigenvalue weighted by atomic mass is 14.9. The summed E-state index contributed by atoms with van der Waals surface area (Å²) in [7, 11) is 0. The maximum Gasteiger partial charge on any atom is 0.0624 e. The number of benzene rings is 1. The predicted octanol–water partition coefficient (Wildman–Crippen LogP) is 2.25. The molecule has 1 N–H and O–H groups in total. The number of nitrogens with one attached hydrogen (secondary N) is 1. The maximum absolute atomic E-state index is 4.63. The van der Waals surface area contributed by atoms with Crippen LogP contribution in [0.15, 0.2) is 35.3 Å². The molecule has 0 radical (unpaired) electrons. The van der Waals surface area contributed by atoms with Crippen LogP contribution in [0.1, 0.15) is 24.8 Å². The van der Waals surface area contributed by atoms with Crippen molar-refractivity contribution in [1.82, 2.24) is 5.32 Å². The third-order valence-electron chi connectivity index (χ3n) is 2.75. The lowest BCUT2D eigenvalue weighted by Gasteiger charge is -2.07. The molecule has 0 aliphatic carbocycles. The average Bonchev–Trinajstić information content (AvgIpc) is 2.56. The number of hydrogen-bond donors (Lipinski definition) is 1. The number of hydrogen-bond acceptors (Lipinski definition) is 2. The zero-order chi connectivity index (χ0) is 10.3. The molecular formula is C13H18N2. The minimum Gasteiger partial charge on any atom is -0.315 e. The van der Waals surface area contributed by atoms with E-state index in [2.05, 4.69) is 22.4 Å². The van der Waals surface area contributed by atoms with Gasteiger partial charge in [-0.25, -0.2) is 0 Å². The zero-order valence-corrected chi connectivity index (χ0v) is 9.02. The van der Waals surface area contributed by atoms with Crippen LogP contribution in [0.3, 0.4) is 0 Å². The van der Waals surface area contributed by atoms with E-state index in [4.69, 9.17) is 0 Å². The van der Waals surface area contributed by atoms with Gasteiger partial charge in [0.05, 0.1) is 6.04 Å². The first-order chi connectivity index (χ1) is 7.45. The van der Waals surface area contributed by atoms with Gasteiger partial charge in [0.1, 0.15) is 0 Å². The second-order valence-corrected chi connectivity index (χ2v) is 4.04. The van der Waals surface area contributed by atoms with Crippen LogP contribution < -0.4 is 5.32 Å². The normalized spacial score (nSPS) is 22.8. The van der Waals surface area contributed by atoms with Crippen molar-refractivity contribution in [2.45, 2.75) is 25.3 Å². The Labute approximate surface area is 91.4 Å². The molecule has 15 heavy (non-hydrogen) atoms. The molecule has 2 heteroatoms. The molecule has 2 rings (SSSR count). The van der Waals surface area contributed by atoms with Crippen LogP contribution in [0.4, 0.5) is 0 Å². The molecule has 1 atom stereocenters. The molecule has 0 unspecified atom stereocenters. The fourth-order valence-electron chi connectivity index (χ4n) is 1.86. The van der Waals surface area contributed by atoms with Gasteiger partial charge in [0.25, 0.3) is 0 Å². The standard InChI is InChI=1S/C13H18N2/c1-2-6-12(7-3-1)10-15-13-8-4-5-9-14-11-13/h1-3,6-7,10,13-14H,4-5,8-9,11H2/b15-10+/t13-/m1/s1. The van der Waals surface area contributed by atoms with Crippen molar-refractivity contribution in [3.63, 3.8) is 0 Å². The first-order valence-corrected chi connectivity index (χ1v) is 5.74. The van der Waals surface area contributed by atoms with Crippen LogP contribution in [0.2, 0.25) is 0 Å². The number of rotatable bonds is 2. The Morgan fingerprint density at radius 1 is 1.20 bits per heavy atom. The molecule has 0 aromatic heterocycles. The summed E-state index contributed by atoms with van der Waals surface area (Å²) in [6.07, 6.45) is 5.80. The molecule has 1 heterocycles. The van der Waals surface area contributed by atoms with Gasteiger partial charge in [-0.2, -0.15) is 0 Å². The minimum absolute atomic E-state index is 0.465. The van der Waals surface area contributed by atoms with Crippen molar-refractivity contribution >= 4 is 6.21 Å². The largest absolute Gasteiger partial charge is 0.315 e. The molecule has 1 aromatic carbocycles. The van der Waals surface area contributed by atoms with Crippen LogP contribution in [-0.2, 0) is 0 Å². The monoisotopic (exact) mass is 202 g/mol. The Hall–Kier alpha value is -1.15. The smallest absolute Gasteiger partial charge is 0.0624 e. The third-order valence-corrected chi connectivity index (χ3v) is 2.75. The van der Waals surface area contributed by atoms with Gasteiger partial charge in [-0.15, -0.1) is 0 Å². The minimum atomic E-state index is 0.465.